The van der Waals surface area contributed by atoms with Crippen LogP contribution >= 0.6 is 11.3 Å². The van der Waals surface area contributed by atoms with Crippen LogP contribution in [0.5, 0.6) is 0 Å². The van der Waals surface area contributed by atoms with Gasteiger partial charge in [0.25, 0.3) is 0 Å². The summed E-state index contributed by atoms with van der Waals surface area (Å²) in [5, 5.41) is 17.5. The fourth-order valence-corrected chi connectivity index (χ4v) is 1.90. The molecule has 1 atom stereocenters. The summed E-state index contributed by atoms with van der Waals surface area (Å²) in [5.41, 5.74) is 1.74. The Morgan fingerprint density at radius 3 is 2.93 bits per heavy atom. The highest BCUT2D eigenvalue weighted by atomic mass is 32.1. The standard InChI is InChI=1S/C10H16N2O2S/c1-8(10(13)14)5-3-2-4-6-9-12-11-7-15-9/h7-8H,2-6H2,1H3,(H,13,14). The Kier molecular flexibility index (Phi) is 5.25. The van der Waals surface area contributed by atoms with Gasteiger partial charge in [-0.3, -0.25) is 4.79 Å². The van der Waals surface area contributed by atoms with Crippen molar-refractivity contribution in [2.24, 2.45) is 5.92 Å². The van der Waals surface area contributed by atoms with Gasteiger partial charge >= 0.3 is 5.97 Å². The van der Waals surface area contributed by atoms with Crippen molar-refractivity contribution >= 4 is 17.3 Å². The van der Waals surface area contributed by atoms with Crippen LogP contribution in [-0.2, 0) is 11.2 Å². The minimum absolute atomic E-state index is 0.216. The topological polar surface area (TPSA) is 63.1 Å². The fourth-order valence-electron chi connectivity index (χ4n) is 1.33. The van der Waals surface area contributed by atoms with Crippen molar-refractivity contribution in [3.8, 4) is 0 Å². The maximum atomic E-state index is 10.5. The number of unbranched alkanes of at least 4 members (excludes halogenated alkanes) is 2. The molecule has 0 spiro atoms. The zero-order valence-electron chi connectivity index (χ0n) is 8.85. The lowest BCUT2D eigenvalue weighted by atomic mass is 10.0. The number of aromatic nitrogens is 2. The Morgan fingerprint density at radius 1 is 1.53 bits per heavy atom. The number of carboxylic acids is 1. The van der Waals surface area contributed by atoms with Gasteiger partial charge in [-0.1, -0.05) is 19.8 Å². The SMILES string of the molecule is CC(CCCCCc1nncs1)C(=O)O. The average molecular weight is 228 g/mol. The highest BCUT2D eigenvalue weighted by Crippen LogP contribution is 2.12. The fraction of sp³-hybridized carbons (Fsp3) is 0.700. The summed E-state index contributed by atoms with van der Waals surface area (Å²) in [6.45, 7) is 1.76. The molecule has 0 saturated carbocycles. The van der Waals surface area contributed by atoms with E-state index in [1.54, 1.807) is 23.8 Å². The summed E-state index contributed by atoms with van der Waals surface area (Å²) in [7, 11) is 0. The van der Waals surface area contributed by atoms with E-state index in [1.807, 2.05) is 0 Å². The number of aryl methyl sites for hydroxylation is 1. The van der Waals surface area contributed by atoms with Crippen molar-refractivity contribution in [2.75, 3.05) is 0 Å². The normalized spacial score (nSPS) is 12.6. The first-order valence-electron chi connectivity index (χ1n) is 5.18. The van der Waals surface area contributed by atoms with E-state index in [1.165, 1.54) is 0 Å². The van der Waals surface area contributed by atoms with E-state index in [0.29, 0.717) is 0 Å². The molecule has 0 bridgehead atoms. The molecule has 0 radical (unpaired) electrons. The lowest BCUT2D eigenvalue weighted by Crippen LogP contribution is -2.08. The predicted molar refractivity (Wildman–Crippen MR) is 58.9 cm³/mol. The van der Waals surface area contributed by atoms with Crippen molar-refractivity contribution < 1.29 is 9.90 Å². The Bertz CT molecular complexity index is 288. The van der Waals surface area contributed by atoms with E-state index in [0.717, 1.165) is 37.1 Å². The number of hydrogen-bond donors (Lipinski definition) is 1. The van der Waals surface area contributed by atoms with Crippen molar-refractivity contribution in [3.05, 3.63) is 10.5 Å². The molecule has 0 saturated heterocycles. The molecule has 0 aliphatic rings. The summed E-state index contributed by atoms with van der Waals surface area (Å²) in [4.78, 5) is 10.5. The second kappa shape index (κ2) is 6.50. The van der Waals surface area contributed by atoms with Crippen molar-refractivity contribution in [2.45, 2.75) is 39.0 Å². The second-order valence-corrected chi connectivity index (χ2v) is 4.59. The summed E-state index contributed by atoms with van der Waals surface area (Å²) in [6.07, 6.45) is 4.85. The molecule has 1 aromatic heterocycles. The van der Waals surface area contributed by atoms with E-state index in [4.69, 9.17) is 5.11 Å². The second-order valence-electron chi connectivity index (χ2n) is 3.67. The van der Waals surface area contributed by atoms with Gasteiger partial charge in [-0.05, 0) is 12.8 Å². The van der Waals surface area contributed by atoms with Crippen molar-refractivity contribution in [1.82, 2.24) is 10.2 Å². The van der Waals surface area contributed by atoms with Gasteiger partial charge in [0.15, 0.2) is 0 Å². The van der Waals surface area contributed by atoms with Gasteiger partial charge in [0.2, 0.25) is 0 Å². The smallest absolute Gasteiger partial charge is 0.306 e. The van der Waals surface area contributed by atoms with Crippen LogP contribution < -0.4 is 0 Å². The minimum Gasteiger partial charge on any atom is -0.481 e. The van der Waals surface area contributed by atoms with Gasteiger partial charge in [-0.25, -0.2) is 0 Å². The third-order valence-electron chi connectivity index (χ3n) is 2.35. The van der Waals surface area contributed by atoms with E-state index >= 15 is 0 Å². The molecule has 5 heteroatoms. The van der Waals surface area contributed by atoms with Crippen LogP contribution in [0, 0.1) is 5.92 Å². The third-order valence-corrected chi connectivity index (χ3v) is 3.11. The molecule has 0 fully saturated rings. The number of nitrogens with zero attached hydrogens (tertiary/aromatic N) is 2. The van der Waals surface area contributed by atoms with Crippen LogP contribution in [-0.4, -0.2) is 21.3 Å². The van der Waals surface area contributed by atoms with Gasteiger partial charge in [-0.2, -0.15) is 0 Å². The summed E-state index contributed by atoms with van der Waals surface area (Å²) in [6, 6.07) is 0. The summed E-state index contributed by atoms with van der Waals surface area (Å²) in [5.74, 6) is -0.911. The maximum Gasteiger partial charge on any atom is 0.306 e. The number of hydrogen-bond acceptors (Lipinski definition) is 4. The molecule has 1 rings (SSSR count). The number of carboxylic acid groups (broad SMARTS) is 1. The van der Waals surface area contributed by atoms with Crippen molar-refractivity contribution in [3.63, 3.8) is 0 Å². The van der Waals surface area contributed by atoms with E-state index < -0.39 is 5.97 Å². The zero-order chi connectivity index (χ0) is 11.1. The average Bonchev–Trinajstić information content (AvgIpc) is 2.69. The van der Waals surface area contributed by atoms with Crippen LogP contribution in [0.25, 0.3) is 0 Å². The molecule has 1 unspecified atom stereocenters. The molecule has 0 aliphatic heterocycles. The lowest BCUT2D eigenvalue weighted by molar-refractivity contribution is -0.141. The van der Waals surface area contributed by atoms with E-state index in [2.05, 4.69) is 10.2 Å². The Balaban J connectivity index is 2.00. The number of aliphatic carboxylic acids is 1. The van der Waals surface area contributed by atoms with Gasteiger partial charge < -0.3 is 5.11 Å². The zero-order valence-corrected chi connectivity index (χ0v) is 9.66. The van der Waals surface area contributed by atoms with Crippen LogP contribution in [0.3, 0.4) is 0 Å². The lowest BCUT2D eigenvalue weighted by Gasteiger charge is -2.04. The molecular weight excluding hydrogens is 212 g/mol. The van der Waals surface area contributed by atoms with Crippen molar-refractivity contribution in [1.29, 1.82) is 0 Å². The van der Waals surface area contributed by atoms with Gasteiger partial charge in [-0.15, -0.1) is 21.5 Å². The molecule has 84 valence electrons. The van der Waals surface area contributed by atoms with Crippen LogP contribution in [0.4, 0.5) is 0 Å². The first-order valence-corrected chi connectivity index (χ1v) is 6.06. The highest BCUT2D eigenvalue weighted by molar-refractivity contribution is 7.09. The van der Waals surface area contributed by atoms with E-state index in [-0.39, 0.29) is 5.92 Å². The predicted octanol–water partition coefficient (Wildman–Crippen LogP) is 2.36. The summed E-state index contributed by atoms with van der Waals surface area (Å²) < 4.78 is 0. The third kappa shape index (κ3) is 4.88. The Morgan fingerprint density at radius 2 is 2.33 bits per heavy atom. The molecule has 15 heavy (non-hydrogen) atoms. The summed E-state index contributed by atoms with van der Waals surface area (Å²) >= 11 is 1.58. The highest BCUT2D eigenvalue weighted by Gasteiger charge is 2.09. The number of rotatable bonds is 7. The molecule has 0 aromatic carbocycles. The van der Waals surface area contributed by atoms with Crippen LogP contribution in [0.2, 0.25) is 0 Å². The molecule has 0 aliphatic carbocycles. The molecule has 4 nitrogen and oxygen atoms in total. The van der Waals surface area contributed by atoms with Crippen LogP contribution in [0.15, 0.2) is 5.51 Å². The first kappa shape index (κ1) is 12.1. The van der Waals surface area contributed by atoms with Gasteiger partial charge in [0.05, 0.1) is 5.92 Å². The van der Waals surface area contributed by atoms with E-state index in [9.17, 15) is 4.79 Å². The molecule has 1 N–H and O–H groups in total. The molecule has 1 aromatic rings. The maximum absolute atomic E-state index is 10.5. The monoisotopic (exact) mass is 228 g/mol. The Hall–Kier alpha value is -0.970. The number of carbonyl (C=O) groups is 1. The molecule has 0 amide bonds. The largest absolute Gasteiger partial charge is 0.481 e. The molecular formula is C10H16N2O2S. The minimum atomic E-state index is -0.695. The Labute approximate surface area is 93.4 Å². The van der Waals surface area contributed by atoms with Gasteiger partial charge in [0.1, 0.15) is 10.5 Å². The first-order chi connectivity index (χ1) is 7.20. The molecule has 1 heterocycles. The van der Waals surface area contributed by atoms with Crippen LogP contribution in [0.1, 0.15) is 37.6 Å². The quantitative estimate of drug-likeness (QED) is 0.728. The van der Waals surface area contributed by atoms with Gasteiger partial charge in [0, 0.05) is 6.42 Å².